The number of carbonyl (C=O) groups is 3. The summed E-state index contributed by atoms with van der Waals surface area (Å²) in [6.07, 6.45) is -0.0517. The molecule has 42 heavy (non-hydrogen) atoms. The van der Waals surface area contributed by atoms with Crippen molar-refractivity contribution in [2.75, 3.05) is 26.4 Å². The van der Waals surface area contributed by atoms with Crippen molar-refractivity contribution in [3.63, 3.8) is 0 Å². The maximum Gasteiger partial charge on any atom is 0.508 e. The predicted octanol–water partition coefficient (Wildman–Crippen LogP) is 5.95. The highest BCUT2D eigenvalue weighted by atomic mass is 16.7. The Morgan fingerprint density at radius 3 is 1.31 bits per heavy atom. The Bertz CT molecular complexity index is 1390. The van der Waals surface area contributed by atoms with Crippen molar-refractivity contribution in [3.05, 3.63) is 119 Å². The maximum atomic E-state index is 12.5. The Kier molecular flexibility index (Phi) is 10.5. The lowest BCUT2D eigenvalue weighted by Crippen LogP contribution is -2.13. The summed E-state index contributed by atoms with van der Waals surface area (Å²) in [6.45, 7) is 0.572. The highest BCUT2D eigenvalue weighted by Gasteiger charge is 2.15. The van der Waals surface area contributed by atoms with Crippen LogP contribution in [0.1, 0.15) is 44.7 Å². The van der Waals surface area contributed by atoms with Crippen LogP contribution in [0.15, 0.2) is 97.1 Å². The van der Waals surface area contributed by atoms with E-state index in [4.69, 9.17) is 18.9 Å². The van der Waals surface area contributed by atoms with Gasteiger partial charge >= 0.3 is 6.16 Å². The van der Waals surface area contributed by atoms with E-state index in [1.807, 2.05) is 0 Å². The number of carbonyl (C=O) groups excluding carboxylic acids is 3. The first-order valence-corrected chi connectivity index (χ1v) is 13.3. The van der Waals surface area contributed by atoms with Gasteiger partial charge in [0.05, 0.1) is 37.6 Å². The molecule has 4 aromatic rings. The third-order valence-corrected chi connectivity index (χ3v) is 6.05. The number of ketones is 2. The minimum absolute atomic E-state index is 0.0687. The van der Waals surface area contributed by atoms with Crippen molar-refractivity contribution < 1.29 is 43.5 Å². The molecule has 9 heteroatoms. The van der Waals surface area contributed by atoms with Crippen LogP contribution in [-0.4, -0.2) is 54.4 Å². The molecule has 0 spiro atoms. The number of aromatic hydroxyl groups is 2. The van der Waals surface area contributed by atoms with E-state index in [0.29, 0.717) is 35.5 Å². The topological polar surface area (TPSA) is 129 Å². The van der Waals surface area contributed by atoms with Crippen LogP contribution in [0.4, 0.5) is 4.79 Å². The van der Waals surface area contributed by atoms with E-state index < -0.39 is 6.16 Å². The second-order valence-corrected chi connectivity index (χ2v) is 9.10. The Morgan fingerprint density at radius 2 is 0.929 bits per heavy atom. The molecule has 4 rings (SSSR count). The zero-order chi connectivity index (χ0) is 29.7. The lowest BCUT2D eigenvalue weighted by Gasteiger charge is -2.10. The molecule has 0 heterocycles. The molecule has 9 nitrogen and oxygen atoms in total. The molecule has 0 aliphatic carbocycles. The monoisotopic (exact) mass is 570 g/mol. The highest BCUT2D eigenvalue weighted by molar-refractivity contribution is 6.11. The summed E-state index contributed by atoms with van der Waals surface area (Å²) in [7, 11) is 0. The number of phenols is 2. The fourth-order valence-corrected chi connectivity index (χ4v) is 3.93. The van der Waals surface area contributed by atoms with Crippen LogP contribution in [0.2, 0.25) is 0 Å². The SMILES string of the molecule is O=C(OCCCOc1ccc(C(=O)c2ccccc2)c(O)c1)OCCCOc1ccc(C(=O)c2ccccc2)c(O)c1. The average molecular weight is 571 g/mol. The maximum absolute atomic E-state index is 12.5. The van der Waals surface area contributed by atoms with Crippen molar-refractivity contribution in [3.8, 4) is 23.0 Å². The second-order valence-electron chi connectivity index (χ2n) is 9.10. The smallest absolute Gasteiger partial charge is 0.507 e. The summed E-state index contributed by atoms with van der Waals surface area (Å²) >= 11 is 0. The number of ether oxygens (including phenoxy) is 4. The van der Waals surface area contributed by atoms with Gasteiger partial charge in [-0.3, -0.25) is 9.59 Å². The molecule has 2 N–H and O–H groups in total. The Hall–Kier alpha value is -5.31. The van der Waals surface area contributed by atoms with Crippen LogP contribution in [-0.2, 0) is 9.47 Å². The van der Waals surface area contributed by atoms with Crippen LogP contribution in [0, 0.1) is 0 Å². The van der Waals surface area contributed by atoms with E-state index in [-0.39, 0.29) is 60.6 Å². The van der Waals surface area contributed by atoms with E-state index in [1.54, 1.807) is 72.8 Å². The van der Waals surface area contributed by atoms with Gasteiger partial charge in [-0.1, -0.05) is 60.7 Å². The lowest BCUT2D eigenvalue weighted by molar-refractivity contribution is 0.0489. The van der Waals surface area contributed by atoms with Crippen molar-refractivity contribution in [2.45, 2.75) is 12.8 Å². The van der Waals surface area contributed by atoms with Gasteiger partial charge in [0, 0.05) is 36.1 Å². The molecule has 216 valence electrons. The minimum Gasteiger partial charge on any atom is -0.507 e. The summed E-state index contributed by atoms with van der Waals surface area (Å²) in [5.41, 5.74) is 1.30. The lowest BCUT2D eigenvalue weighted by atomic mass is 10.0. The third-order valence-electron chi connectivity index (χ3n) is 6.05. The zero-order valence-corrected chi connectivity index (χ0v) is 22.7. The number of hydrogen-bond acceptors (Lipinski definition) is 9. The average Bonchev–Trinajstić information content (AvgIpc) is 3.01. The molecule has 4 aromatic carbocycles. The summed E-state index contributed by atoms with van der Waals surface area (Å²) in [6, 6.07) is 26.2. The van der Waals surface area contributed by atoms with Crippen molar-refractivity contribution in [1.29, 1.82) is 0 Å². The van der Waals surface area contributed by atoms with Gasteiger partial charge in [0.25, 0.3) is 0 Å². The van der Waals surface area contributed by atoms with Crippen LogP contribution in [0.5, 0.6) is 23.0 Å². The van der Waals surface area contributed by atoms with Gasteiger partial charge < -0.3 is 29.2 Å². The normalized spacial score (nSPS) is 10.5. The van der Waals surface area contributed by atoms with Crippen molar-refractivity contribution >= 4 is 17.7 Å². The summed E-state index contributed by atoms with van der Waals surface area (Å²) in [5, 5.41) is 20.5. The van der Waals surface area contributed by atoms with Gasteiger partial charge in [-0.05, 0) is 24.3 Å². The molecule has 0 atom stereocenters. The van der Waals surface area contributed by atoms with Gasteiger partial charge in [-0.25, -0.2) is 4.79 Å². The van der Waals surface area contributed by atoms with Gasteiger partial charge in [0.2, 0.25) is 0 Å². The molecule has 0 aromatic heterocycles. The van der Waals surface area contributed by atoms with Crippen LogP contribution < -0.4 is 9.47 Å². The first kappa shape index (κ1) is 29.7. The zero-order valence-electron chi connectivity index (χ0n) is 22.7. The van der Waals surface area contributed by atoms with Gasteiger partial charge in [0.1, 0.15) is 23.0 Å². The Balaban J connectivity index is 1.08. The van der Waals surface area contributed by atoms with Crippen molar-refractivity contribution in [1.82, 2.24) is 0 Å². The first-order chi connectivity index (χ1) is 20.4. The molecule has 0 fully saturated rings. The van der Waals surface area contributed by atoms with Crippen LogP contribution >= 0.6 is 0 Å². The molecule has 0 saturated carbocycles. The predicted molar refractivity (Wildman–Crippen MR) is 153 cm³/mol. The Morgan fingerprint density at radius 1 is 0.524 bits per heavy atom. The molecular formula is C33H30O9. The number of hydrogen-bond donors (Lipinski definition) is 2. The minimum atomic E-state index is -0.821. The first-order valence-electron chi connectivity index (χ1n) is 13.3. The number of rotatable bonds is 14. The summed E-state index contributed by atoms with van der Waals surface area (Å²) < 4.78 is 21.1. The molecule has 0 aliphatic rings. The number of phenolic OH excluding ortho intramolecular Hbond substituents is 2. The van der Waals surface area contributed by atoms with E-state index in [9.17, 15) is 24.6 Å². The largest absolute Gasteiger partial charge is 0.508 e. The van der Waals surface area contributed by atoms with Crippen LogP contribution in [0.25, 0.3) is 0 Å². The molecule has 0 aliphatic heterocycles. The van der Waals surface area contributed by atoms with E-state index in [0.717, 1.165) is 0 Å². The fourth-order valence-electron chi connectivity index (χ4n) is 3.93. The summed E-state index contributed by atoms with van der Waals surface area (Å²) in [4.78, 5) is 36.8. The van der Waals surface area contributed by atoms with Gasteiger partial charge in [0.15, 0.2) is 11.6 Å². The second kappa shape index (κ2) is 14.9. The molecular weight excluding hydrogens is 540 g/mol. The molecule has 0 unspecified atom stereocenters. The van der Waals surface area contributed by atoms with E-state index >= 15 is 0 Å². The highest BCUT2D eigenvalue weighted by Crippen LogP contribution is 2.27. The molecule has 0 saturated heterocycles. The van der Waals surface area contributed by atoms with E-state index in [1.165, 1.54) is 24.3 Å². The standard InChI is InChI=1S/C33H30O9/c34-29-21-25(13-15-27(29)31(36)23-9-3-1-4-10-23)39-17-7-19-41-33(38)42-20-8-18-40-26-14-16-28(30(35)22-26)32(37)24-11-5-2-6-12-24/h1-6,9-16,21-22,34-35H,7-8,17-20H2. The fraction of sp³-hybridized carbons (Fsp3) is 0.182. The molecule has 0 radical (unpaired) electrons. The quantitative estimate of drug-likeness (QED) is 0.107. The van der Waals surface area contributed by atoms with Crippen LogP contribution in [0.3, 0.4) is 0 Å². The van der Waals surface area contributed by atoms with Gasteiger partial charge in [-0.2, -0.15) is 0 Å². The van der Waals surface area contributed by atoms with Gasteiger partial charge in [-0.15, -0.1) is 0 Å². The third kappa shape index (κ3) is 8.34. The number of benzene rings is 4. The summed E-state index contributed by atoms with van der Waals surface area (Å²) in [5.74, 6) is -0.184. The molecule has 0 amide bonds. The van der Waals surface area contributed by atoms with Crippen molar-refractivity contribution in [2.24, 2.45) is 0 Å². The van der Waals surface area contributed by atoms with E-state index in [2.05, 4.69) is 0 Å². The molecule has 0 bridgehead atoms. The Labute approximate surface area is 242 Å².